The van der Waals surface area contributed by atoms with Crippen LogP contribution in [0.2, 0.25) is 0 Å². The summed E-state index contributed by atoms with van der Waals surface area (Å²) >= 11 is 0. The van der Waals surface area contributed by atoms with E-state index in [0.717, 1.165) is 28.1 Å². The quantitative estimate of drug-likeness (QED) is 0.125. The molecule has 298 valence electrons. The van der Waals surface area contributed by atoms with E-state index in [4.69, 9.17) is 4.98 Å². The summed E-state index contributed by atoms with van der Waals surface area (Å²) in [6, 6.07) is 82.3. The summed E-state index contributed by atoms with van der Waals surface area (Å²) < 4.78 is 2.27. The highest BCUT2D eigenvalue weighted by Crippen LogP contribution is 2.46. The minimum atomic E-state index is 0.931. The minimum absolute atomic E-state index is 0.931. The van der Waals surface area contributed by atoms with Crippen LogP contribution in [0.15, 0.2) is 224 Å². The van der Waals surface area contributed by atoms with Gasteiger partial charge in [-0.05, 0) is 141 Å². The Hall–Kier alpha value is -8.33. The van der Waals surface area contributed by atoms with Crippen LogP contribution in [0.1, 0.15) is 5.56 Å². The van der Waals surface area contributed by atoms with Gasteiger partial charge in [-0.15, -0.1) is 0 Å². The van der Waals surface area contributed by atoms with Crippen molar-refractivity contribution in [1.29, 1.82) is 0 Å². The summed E-state index contributed by atoms with van der Waals surface area (Å²) in [6.45, 7) is 2.24. The van der Waals surface area contributed by atoms with Crippen LogP contribution in [-0.2, 0) is 0 Å². The number of rotatable bonds is 5. The fourth-order valence-electron chi connectivity index (χ4n) is 10.7. The van der Waals surface area contributed by atoms with E-state index >= 15 is 0 Å². The summed E-state index contributed by atoms with van der Waals surface area (Å²) in [5, 5.41) is 15.2. The Labute approximate surface area is 370 Å². The van der Waals surface area contributed by atoms with Crippen LogP contribution in [-0.4, -0.2) is 9.55 Å². The zero-order valence-corrected chi connectivity index (χ0v) is 35.3. The molecule has 0 N–H and O–H groups in total. The molecule has 0 aliphatic heterocycles. The lowest BCUT2D eigenvalue weighted by atomic mass is 9.84. The second-order valence-corrected chi connectivity index (χ2v) is 17.1. The topological polar surface area (TPSA) is 17.8 Å². The SMILES string of the molecule is Cc1cccc2ccc3cccc(-c4cccc5ccc6cc(-c7c8ccccc8c(-c8ccc(-c9nc%10ccccc%10n9-c9ccccc9)cc8)c8ccccc78)ccc6c45)c3c12. The van der Waals surface area contributed by atoms with Gasteiger partial charge in [0.2, 0.25) is 0 Å². The second-order valence-electron chi connectivity index (χ2n) is 17.1. The average molecular weight is 813 g/mol. The van der Waals surface area contributed by atoms with Gasteiger partial charge < -0.3 is 0 Å². The first kappa shape index (κ1) is 36.3. The molecule has 13 rings (SSSR count). The lowest BCUT2D eigenvalue weighted by Gasteiger charge is -2.19. The molecule has 0 saturated carbocycles. The van der Waals surface area contributed by atoms with Crippen LogP contribution < -0.4 is 0 Å². The molecule has 2 nitrogen and oxygen atoms in total. The van der Waals surface area contributed by atoms with Crippen LogP contribution in [0.5, 0.6) is 0 Å². The third-order valence-electron chi connectivity index (χ3n) is 13.5. The van der Waals surface area contributed by atoms with E-state index in [-0.39, 0.29) is 0 Å². The Morgan fingerprint density at radius 1 is 0.344 bits per heavy atom. The van der Waals surface area contributed by atoms with Crippen molar-refractivity contribution in [2.24, 2.45) is 0 Å². The number of nitrogens with zero attached hydrogens (tertiary/aromatic N) is 2. The Balaban J connectivity index is 0.978. The summed E-state index contributed by atoms with van der Waals surface area (Å²) in [5.41, 5.74) is 13.0. The van der Waals surface area contributed by atoms with Gasteiger partial charge in [-0.2, -0.15) is 0 Å². The summed E-state index contributed by atoms with van der Waals surface area (Å²) in [7, 11) is 0. The zero-order chi connectivity index (χ0) is 42.3. The number of aromatic nitrogens is 2. The fourth-order valence-corrected chi connectivity index (χ4v) is 10.7. The number of imidazole rings is 1. The van der Waals surface area contributed by atoms with Crippen molar-refractivity contribution in [3.63, 3.8) is 0 Å². The third-order valence-corrected chi connectivity index (χ3v) is 13.5. The molecule has 0 fully saturated rings. The predicted molar refractivity (Wildman–Crippen MR) is 273 cm³/mol. The van der Waals surface area contributed by atoms with E-state index < -0.39 is 0 Å². The largest absolute Gasteiger partial charge is 0.292 e. The molecule has 1 aromatic heterocycles. The molecule has 0 radical (unpaired) electrons. The maximum atomic E-state index is 5.15. The van der Waals surface area contributed by atoms with Crippen molar-refractivity contribution in [2.75, 3.05) is 0 Å². The number of aryl methyl sites for hydroxylation is 1. The van der Waals surface area contributed by atoms with Gasteiger partial charge in [-0.25, -0.2) is 4.98 Å². The lowest BCUT2D eigenvalue weighted by Crippen LogP contribution is -1.97. The van der Waals surface area contributed by atoms with Crippen LogP contribution in [0.25, 0.3) is 126 Å². The van der Waals surface area contributed by atoms with E-state index in [0.29, 0.717) is 0 Å². The monoisotopic (exact) mass is 812 g/mol. The Kier molecular flexibility index (Phi) is 8.16. The molecule has 0 aliphatic carbocycles. The molecular weight excluding hydrogens is 773 g/mol. The van der Waals surface area contributed by atoms with Crippen molar-refractivity contribution in [1.82, 2.24) is 9.55 Å². The highest BCUT2D eigenvalue weighted by atomic mass is 15.1. The van der Waals surface area contributed by atoms with Crippen molar-refractivity contribution < 1.29 is 0 Å². The van der Waals surface area contributed by atoms with Crippen molar-refractivity contribution >= 4 is 75.7 Å². The maximum Gasteiger partial charge on any atom is 0.145 e. The van der Waals surface area contributed by atoms with Crippen LogP contribution in [0.3, 0.4) is 0 Å². The first-order chi connectivity index (χ1) is 31.7. The molecule has 0 saturated heterocycles. The van der Waals surface area contributed by atoms with Gasteiger partial charge in [0.25, 0.3) is 0 Å². The maximum absolute atomic E-state index is 5.15. The van der Waals surface area contributed by atoms with Crippen LogP contribution in [0.4, 0.5) is 0 Å². The molecule has 12 aromatic carbocycles. The first-order valence-corrected chi connectivity index (χ1v) is 22.1. The molecule has 0 unspecified atom stereocenters. The highest BCUT2D eigenvalue weighted by Gasteiger charge is 2.20. The highest BCUT2D eigenvalue weighted by molar-refractivity contribution is 6.24. The Bertz CT molecular complexity index is 3950. The molecule has 0 aliphatic rings. The van der Waals surface area contributed by atoms with Crippen LogP contribution >= 0.6 is 0 Å². The molecule has 0 bridgehead atoms. The van der Waals surface area contributed by atoms with Gasteiger partial charge in [0, 0.05) is 11.3 Å². The number of hydrogen-bond donors (Lipinski definition) is 0. The normalized spacial score (nSPS) is 11.8. The van der Waals surface area contributed by atoms with Gasteiger partial charge in [0.05, 0.1) is 11.0 Å². The Morgan fingerprint density at radius 2 is 0.859 bits per heavy atom. The van der Waals surface area contributed by atoms with Crippen molar-refractivity contribution in [2.45, 2.75) is 6.92 Å². The average Bonchev–Trinajstić information content (AvgIpc) is 3.75. The number of hydrogen-bond acceptors (Lipinski definition) is 1. The van der Waals surface area contributed by atoms with Gasteiger partial charge >= 0.3 is 0 Å². The molecule has 64 heavy (non-hydrogen) atoms. The molecule has 0 spiro atoms. The summed E-state index contributed by atoms with van der Waals surface area (Å²) in [5.74, 6) is 0.931. The van der Waals surface area contributed by atoms with Gasteiger partial charge in [-0.1, -0.05) is 194 Å². The van der Waals surface area contributed by atoms with E-state index in [1.54, 1.807) is 0 Å². The van der Waals surface area contributed by atoms with E-state index in [9.17, 15) is 0 Å². The molecule has 0 atom stereocenters. The minimum Gasteiger partial charge on any atom is -0.292 e. The number of para-hydroxylation sites is 3. The van der Waals surface area contributed by atoms with Crippen LogP contribution in [0, 0.1) is 6.92 Å². The smallest absolute Gasteiger partial charge is 0.145 e. The van der Waals surface area contributed by atoms with E-state index in [1.165, 1.54) is 104 Å². The predicted octanol–water partition coefficient (Wildman–Crippen LogP) is 16.9. The summed E-state index contributed by atoms with van der Waals surface area (Å²) in [4.78, 5) is 5.15. The lowest BCUT2D eigenvalue weighted by molar-refractivity contribution is 1.10. The van der Waals surface area contributed by atoms with Crippen molar-refractivity contribution in [3.05, 3.63) is 230 Å². The number of benzene rings is 12. The molecule has 0 amide bonds. The Morgan fingerprint density at radius 3 is 1.55 bits per heavy atom. The van der Waals surface area contributed by atoms with Gasteiger partial charge in [0.15, 0.2) is 0 Å². The molecular formula is C62H40N2. The number of fused-ring (bicyclic) bond motifs is 9. The van der Waals surface area contributed by atoms with Gasteiger partial charge in [0.1, 0.15) is 5.82 Å². The first-order valence-electron chi connectivity index (χ1n) is 22.1. The molecule has 13 aromatic rings. The summed E-state index contributed by atoms with van der Waals surface area (Å²) in [6.07, 6.45) is 0. The standard InChI is InChI=1S/C62H40N2/c1-39-14-11-15-40-28-29-42-17-13-25-54(61(42)57(39)40)53-24-12-16-41-32-35-45-38-46(36-37-48(45)58(41)53)60-51-22-7-5-20-49(51)59(50-21-6-8-23-52(50)60)43-30-33-44(34-31-43)62-63-55-26-9-10-27-56(55)64(62)47-18-3-2-4-19-47/h2-38H,1H3. The molecule has 2 heteroatoms. The third kappa shape index (κ3) is 5.56. The van der Waals surface area contributed by atoms with Gasteiger partial charge in [-0.3, -0.25) is 4.57 Å². The zero-order valence-electron chi connectivity index (χ0n) is 35.3. The second kappa shape index (κ2) is 14.4. The van der Waals surface area contributed by atoms with Crippen molar-refractivity contribution in [3.8, 4) is 50.5 Å². The fraction of sp³-hybridized carbons (Fsp3) is 0.0161. The van der Waals surface area contributed by atoms with E-state index in [2.05, 4.69) is 236 Å². The van der Waals surface area contributed by atoms with E-state index in [1.807, 2.05) is 0 Å². The molecule has 1 heterocycles.